The highest BCUT2D eigenvalue weighted by atomic mass is 16.5. The molecule has 2 aromatic heterocycles. The van der Waals surface area contributed by atoms with Gasteiger partial charge in [-0.25, -0.2) is 0 Å². The second-order valence-electron chi connectivity index (χ2n) is 8.75. The lowest BCUT2D eigenvalue weighted by atomic mass is 9.84. The number of methoxy groups -OCH3 is 2. The van der Waals surface area contributed by atoms with Gasteiger partial charge in [0.05, 0.1) is 31.7 Å². The Labute approximate surface area is 210 Å². The summed E-state index contributed by atoms with van der Waals surface area (Å²) in [4.78, 5) is 30.5. The van der Waals surface area contributed by atoms with Crippen LogP contribution in [0.4, 0.5) is 0 Å². The van der Waals surface area contributed by atoms with Gasteiger partial charge in [0.1, 0.15) is 28.7 Å². The van der Waals surface area contributed by atoms with Crippen LogP contribution in [0.15, 0.2) is 76.3 Å². The molecular weight excluding hydrogens is 474 g/mol. The summed E-state index contributed by atoms with van der Waals surface area (Å²) in [6, 6.07) is 15.9. The van der Waals surface area contributed by atoms with Crippen molar-refractivity contribution in [2.75, 3.05) is 14.2 Å². The van der Waals surface area contributed by atoms with E-state index in [2.05, 4.69) is 4.98 Å². The maximum Gasteiger partial charge on any atom is 0.312 e. The molecule has 0 radical (unpaired) electrons. The predicted octanol–water partition coefficient (Wildman–Crippen LogP) is 5.17. The summed E-state index contributed by atoms with van der Waals surface area (Å²) in [7, 11) is 3.03. The van der Waals surface area contributed by atoms with Crippen molar-refractivity contribution in [2.24, 2.45) is 0 Å². The molecule has 37 heavy (non-hydrogen) atoms. The second-order valence-corrected chi connectivity index (χ2v) is 8.75. The number of esters is 1. The highest BCUT2D eigenvalue weighted by Gasteiger charge is 2.34. The van der Waals surface area contributed by atoms with Crippen molar-refractivity contribution in [1.29, 1.82) is 0 Å². The van der Waals surface area contributed by atoms with Crippen LogP contribution in [-0.4, -0.2) is 30.3 Å². The molecule has 1 unspecified atom stereocenters. The minimum absolute atomic E-state index is 0.0106. The summed E-state index contributed by atoms with van der Waals surface area (Å²) >= 11 is 0. The van der Waals surface area contributed by atoms with Crippen LogP contribution in [0.2, 0.25) is 0 Å². The lowest BCUT2D eigenvalue weighted by molar-refractivity contribution is -0.135. The molecule has 184 valence electrons. The molecule has 3 heterocycles. The van der Waals surface area contributed by atoms with E-state index in [9.17, 15) is 14.7 Å². The van der Waals surface area contributed by atoms with Gasteiger partial charge in [0.15, 0.2) is 11.5 Å². The summed E-state index contributed by atoms with van der Waals surface area (Å²) in [5, 5.41) is 11.8. The number of carbonyl (C=O) groups is 1. The fraction of sp³-hybridized carbons (Fsp3) is 0.138. The number of phenols is 1. The largest absolute Gasteiger partial charge is 0.507 e. The van der Waals surface area contributed by atoms with Crippen LogP contribution in [0, 0.1) is 0 Å². The molecule has 1 aliphatic heterocycles. The number of fused-ring (bicyclic) bond motifs is 4. The van der Waals surface area contributed by atoms with Gasteiger partial charge < -0.3 is 23.7 Å². The van der Waals surface area contributed by atoms with E-state index in [4.69, 9.17) is 18.6 Å². The fourth-order valence-corrected chi connectivity index (χ4v) is 4.93. The molecule has 0 bridgehead atoms. The van der Waals surface area contributed by atoms with Crippen molar-refractivity contribution in [3.63, 3.8) is 0 Å². The number of rotatable bonds is 4. The van der Waals surface area contributed by atoms with Crippen molar-refractivity contribution < 1.29 is 28.5 Å². The van der Waals surface area contributed by atoms with Crippen molar-refractivity contribution in [3.05, 3.63) is 88.4 Å². The molecule has 1 aliphatic rings. The van der Waals surface area contributed by atoms with Crippen LogP contribution in [0.25, 0.3) is 33.0 Å². The quantitative estimate of drug-likeness (QED) is 0.269. The van der Waals surface area contributed by atoms with Gasteiger partial charge in [0.2, 0.25) is 5.43 Å². The number of ether oxygens (including phenoxy) is 3. The van der Waals surface area contributed by atoms with Crippen molar-refractivity contribution in [1.82, 2.24) is 4.98 Å². The number of benzene rings is 3. The molecule has 5 aromatic rings. The number of aromatic hydroxyl groups is 1. The average molecular weight is 495 g/mol. The fourth-order valence-electron chi connectivity index (χ4n) is 4.93. The maximum absolute atomic E-state index is 13.7. The Morgan fingerprint density at radius 1 is 1.00 bits per heavy atom. The van der Waals surface area contributed by atoms with Gasteiger partial charge in [-0.3, -0.25) is 14.6 Å². The number of carbonyl (C=O) groups excluding carboxylic acids is 1. The number of aromatic nitrogens is 1. The molecule has 1 N–H and O–H groups in total. The third kappa shape index (κ3) is 3.65. The Morgan fingerprint density at radius 3 is 2.65 bits per heavy atom. The summed E-state index contributed by atoms with van der Waals surface area (Å²) in [6.07, 6.45) is 3.12. The van der Waals surface area contributed by atoms with Gasteiger partial charge >= 0.3 is 5.97 Å². The topological polar surface area (TPSA) is 108 Å². The van der Waals surface area contributed by atoms with E-state index >= 15 is 0 Å². The number of phenolic OH excluding ortho intramolecular Hbond substituents is 1. The van der Waals surface area contributed by atoms with Gasteiger partial charge in [0.25, 0.3) is 0 Å². The van der Waals surface area contributed by atoms with Gasteiger partial charge in [-0.05, 0) is 41.5 Å². The minimum atomic E-state index is -0.445. The molecule has 8 heteroatoms. The first-order valence-corrected chi connectivity index (χ1v) is 11.6. The number of nitrogens with zero attached hydrogens (tertiary/aromatic N) is 1. The zero-order valence-electron chi connectivity index (χ0n) is 20.0. The third-order valence-electron chi connectivity index (χ3n) is 6.69. The first-order valence-electron chi connectivity index (χ1n) is 11.6. The van der Waals surface area contributed by atoms with E-state index in [0.717, 1.165) is 16.5 Å². The third-order valence-corrected chi connectivity index (χ3v) is 6.69. The summed E-state index contributed by atoms with van der Waals surface area (Å²) in [5.41, 5.74) is 2.73. The average Bonchev–Trinajstić information content (AvgIpc) is 2.91. The minimum Gasteiger partial charge on any atom is -0.507 e. The number of pyridine rings is 1. The maximum atomic E-state index is 13.7. The summed E-state index contributed by atoms with van der Waals surface area (Å²) in [5.74, 6) is -0.0816. The highest BCUT2D eigenvalue weighted by Crippen LogP contribution is 2.46. The standard InChI is InChI=1S/C29H21NO7/c1-34-22-8-6-16(11-23(22)35-2)19-14-36-29-26-18(15-5-7-20-17(10-15)4-3-9-30-20)12-25(32)37-24(26)13-21(31)27(29)28(19)33/h3-11,13-14,18,31H,12H2,1-2H3. The van der Waals surface area contributed by atoms with Crippen molar-refractivity contribution in [3.8, 4) is 34.1 Å². The summed E-state index contributed by atoms with van der Waals surface area (Å²) in [6.45, 7) is 0. The molecule has 0 spiro atoms. The molecule has 0 aliphatic carbocycles. The lowest BCUT2D eigenvalue weighted by Crippen LogP contribution is -2.22. The monoisotopic (exact) mass is 495 g/mol. The van der Waals surface area contributed by atoms with E-state index in [1.165, 1.54) is 26.5 Å². The van der Waals surface area contributed by atoms with E-state index in [1.54, 1.807) is 24.4 Å². The van der Waals surface area contributed by atoms with Crippen LogP contribution >= 0.6 is 0 Å². The van der Waals surface area contributed by atoms with E-state index in [1.807, 2.05) is 30.3 Å². The van der Waals surface area contributed by atoms with E-state index < -0.39 is 17.3 Å². The number of hydrogen-bond acceptors (Lipinski definition) is 8. The van der Waals surface area contributed by atoms with Crippen molar-refractivity contribution >= 4 is 27.8 Å². The van der Waals surface area contributed by atoms with Gasteiger partial charge in [-0.15, -0.1) is 0 Å². The first-order chi connectivity index (χ1) is 18.0. The SMILES string of the molecule is COc1ccc(-c2coc3c4c(cc(O)c3c2=O)OC(=O)CC4c2ccc3ncccc3c2)cc1OC. The zero-order valence-corrected chi connectivity index (χ0v) is 20.0. The van der Waals surface area contributed by atoms with Gasteiger partial charge in [-0.2, -0.15) is 0 Å². The van der Waals surface area contributed by atoms with E-state index in [0.29, 0.717) is 22.6 Å². The van der Waals surface area contributed by atoms with Gasteiger partial charge in [-0.1, -0.05) is 18.2 Å². The lowest BCUT2D eigenvalue weighted by Gasteiger charge is -2.26. The molecular formula is C29H21NO7. The molecule has 0 saturated carbocycles. The molecule has 0 amide bonds. The smallest absolute Gasteiger partial charge is 0.312 e. The predicted molar refractivity (Wildman–Crippen MR) is 137 cm³/mol. The summed E-state index contributed by atoms with van der Waals surface area (Å²) < 4.78 is 22.1. The Kier molecular flexibility index (Phi) is 5.30. The Balaban J connectivity index is 1.57. The molecule has 1 atom stereocenters. The molecule has 0 fully saturated rings. The molecule has 8 nitrogen and oxygen atoms in total. The highest BCUT2D eigenvalue weighted by molar-refractivity contribution is 5.94. The Hall–Kier alpha value is -4.85. The Morgan fingerprint density at radius 2 is 1.84 bits per heavy atom. The van der Waals surface area contributed by atoms with Crippen LogP contribution in [0.1, 0.15) is 23.5 Å². The second kappa shape index (κ2) is 8.67. The van der Waals surface area contributed by atoms with E-state index in [-0.39, 0.29) is 34.5 Å². The van der Waals surface area contributed by atoms with Crippen LogP contribution in [0.3, 0.4) is 0 Å². The van der Waals surface area contributed by atoms with Crippen LogP contribution in [0.5, 0.6) is 23.0 Å². The first kappa shape index (κ1) is 22.6. The van der Waals surface area contributed by atoms with Crippen LogP contribution in [-0.2, 0) is 4.79 Å². The van der Waals surface area contributed by atoms with Crippen molar-refractivity contribution in [2.45, 2.75) is 12.3 Å². The molecule has 3 aromatic carbocycles. The zero-order chi connectivity index (χ0) is 25.7. The van der Waals surface area contributed by atoms with Crippen LogP contribution < -0.4 is 19.6 Å². The molecule has 0 saturated heterocycles. The Bertz CT molecular complexity index is 1770. The van der Waals surface area contributed by atoms with Gasteiger partial charge in [0, 0.05) is 29.1 Å². The number of hydrogen-bond donors (Lipinski definition) is 1. The normalized spacial score (nSPS) is 14.9. The molecule has 6 rings (SSSR count).